The van der Waals surface area contributed by atoms with Crippen LogP contribution in [0.3, 0.4) is 0 Å². The first-order valence-corrected chi connectivity index (χ1v) is 7.44. The molecule has 0 amide bonds. The van der Waals surface area contributed by atoms with Crippen molar-refractivity contribution in [2.24, 2.45) is 0 Å². The SMILES string of the molecule is CSc1nc(Cl)c(F)c(N2C3CCC2COC3)n1. The highest BCUT2D eigenvalue weighted by Gasteiger charge is 2.40. The molecule has 0 N–H and O–H groups in total. The largest absolute Gasteiger partial charge is 0.377 e. The molecule has 2 fully saturated rings. The van der Waals surface area contributed by atoms with Crippen LogP contribution < -0.4 is 4.90 Å². The van der Waals surface area contributed by atoms with E-state index >= 15 is 0 Å². The van der Waals surface area contributed by atoms with Crippen molar-refractivity contribution in [3.05, 3.63) is 11.0 Å². The Balaban J connectivity index is 2.03. The van der Waals surface area contributed by atoms with Gasteiger partial charge in [0.25, 0.3) is 0 Å². The van der Waals surface area contributed by atoms with Gasteiger partial charge in [0.15, 0.2) is 16.1 Å². The van der Waals surface area contributed by atoms with Crippen LogP contribution in [0.15, 0.2) is 5.16 Å². The lowest BCUT2D eigenvalue weighted by molar-refractivity contribution is 0.0897. The summed E-state index contributed by atoms with van der Waals surface area (Å²) in [6.45, 7) is 1.26. The van der Waals surface area contributed by atoms with Gasteiger partial charge in [-0.2, -0.15) is 4.39 Å². The number of morpholine rings is 1. The predicted octanol–water partition coefficient (Wildman–Crippen LogP) is 2.36. The summed E-state index contributed by atoms with van der Waals surface area (Å²) in [4.78, 5) is 10.2. The zero-order valence-electron chi connectivity index (χ0n) is 9.90. The molecule has 2 atom stereocenters. The first kappa shape index (κ1) is 12.4. The smallest absolute Gasteiger partial charge is 0.202 e. The maximum atomic E-state index is 14.1. The van der Waals surface area contributed by atoms with Gasteiger partial charge >= 0.3 is 0 Å². The van der Waals surface area contributed by atoms with Crippen LogP contribution in [-0.4, -0.2) is 41.5 Å². The fourth-order valence-corrected chi connectivity index (χ4v) is 3.20. The maximum Gasteiger partial charge on any atom is 0.202 e. The summed E-state index contributed by atoms with van der Waals surface area (Å²) in [5.41, 5.74) is 0. The minimum Gasteiger partial charge on any atom is -0.377 e. The number of aromatic nitrogens is 2. The normalized spacial score (nSPS) is 26.7. The standard InChI is InChI=1S/C11H13ClFN3OS/c1-18-11-14-9(12)8(13)10(15-11)16-6-2-3-7(16)5-17-4-6/h6-7H,2-5H2,1H3. The van der Waals surface area contributed by atoms with Crippen molar-refractivity contribution in [3.63, 3.8) is 0 Å². The molecule has 0 radical (unpaired) electrons. The number of hydrogen-bond donors (Lipinski definition) is 0. The number of anilines is 1. The van der Waals surface area contributed by atoms with Crippen molar-refractivity contribution in [1.29, 1.82) is 0 Å². The van der Waals surface area contributed by atoms with Crippen LogP contribution in [0, 0.1) is 5.82 Å². The second-order valence-corrected chi connectivity index (χ2v) is 5.60. The molecule has 98 valence electrons. The number of ether oxygens (including phenoxy) is 1. The van der Waals surface area contributed by atoms with E-state index in [0.29, 0.717) is 24.2 Å². The highest BCUT2D eigenvalue weighted by Crippen LogP contribution is 2.36. The van der Waals surface area contributed by atoms with Gasteiger partial charge in [-0.05, 0) is 19.1 Å². The van der Waals surface area contributed by atoms with Crippen LogP contribution in [0.4, 0.5) is 10.2 Å². The van der Waals surface area contributed by atoms with Gasteiger partial charge in [-0.25, -0.2) is 9.97 Å². The molecule has 7 heteroatoms. The molecular weight excluding hydrogens is 277 g/mol. The molecule has 0 spiro atoms. The molecule has 2 saturated heterocycles. The van der Waals surface area contributed by atoms with Crippen molar-refractivity contribution in [1.82, 2.24) is 9.97 Å². The van der Waals surface area contributed by atoms with E-state index in [-0.39, 0.29) is 17.2 Å². The van der Waals surface area contributed by atoms with E-state index < -0.39 is 5.82 Å². The van der Waals surface area contributed by atoms with Crippen LogP contribution in [0.25, 0.3) is 0 Å². The Bertz CT molecular complexity index is 460. The fourth-order valence-electron chi connectivity index (χ4n) is 2.63. The van der Waals surface area contributed by atoms with Crippen LogP contribution >= 0.6 is 23.4 Å². The van der Waals surface area contributed by atoms with Crippen LogP contribution in [0.2, 0.25) is 5.15 Å². The van der Waals surface area contributed by atoms with E-state index in [2.05, 4.69) is 9.97 Å². The number of halogens is 2. The van der Waals surface area contributed by atoms with Crippen LogP contribution in [-0.2, 0) is 4.74 Å². The molecule has 2 aliphatic heterocycles. The summed E-state index contributed by atoms with van der Waals surface area (Å²) < 4.78 is 19.6. The van der Waals surface area contributed by atoms with E-state index in [4.69, 9.17) is 16.3 Å². The summed E-state index contributed by atoms with van der Waals surface area (Å²) in [7, 11) is 0. The van der Waals surface area contributed by atoms with Gasteiger partial charge in [0.2, 0.25) is 5.82 Å². The fraction of sp³-hybridized carbons (Fsp3) is 0.636. The Hall–Kier alpha value is -0.590. The molecule has 18 heavy (non-hydrogen) atoms. The zero-order chi connectivity index (χ0) is 12.7. The Morgan fingerprint density at radius 3 is 2.61 bits per heavy atom. The third-order valence-corrected chi connectivity index (χ3v) is 4.24. The van der Waals surface area contributed by atoms with E-state index in [1.54, 1.807) is 0 Å². The molecule has 0 aliphatic carbocycles. The molecule has 2 unspecified atom stereocenters. The molecule has 2 bridgehead atoms. The van der Waals surface area contributed by atoms with Gasteiger partial charge in [0.05, 0.1) is 25.3 Å². The van der Waals surface area contributed by atoms with Crippen molar-refractivity contribution in [3.8, 4) is 0 Å². The minimum absolute atomic E-state index is 0.102. The van der Waals surface area contributed by atoms with E-state index in [9.17, 15) is 4.39 Å². The van der Waals surface area contributed by atoms with Crippen molar-refractivity contribution < 1.29 is 9.13 Å². The first-order chi connectivity index (χ1) is 8.70. The van der Waals surface area contributed by atoms with Crippen molar-refractivity contribution in [2.75, 3.05) is 24.4 Å². The number of fused-ring (bicyclic) bond motifs is 2. The molecule has 4 nitrogen and oxygen atoms in total. The predicted molar refractivity (Wildman–Crippen MR) is 68.9 cm³/mol. The maximum absolute atomic E-state index is 14.1. The molecule has 0 aromatic carbocycles. The lowest BCUT2D eigenvalue weighted by Gasteiger charge is -2.35. The highest BCUT2D eigenvalue weighted by atomic mass is 35.5. The summed E-state index contributed by atoms with van der Waals surface area (Å²) in [6.07, 6.45) is 3.88. The molecule has 1 aromatic rings. The minimum atomic E-state index is -0.520. The first-order valence-electron chi connectivity index (χ1n) is 5.84. The van der Waals surface area contributed by atoms with Crippen molar-refractivity contribution in [2.45, 2.75) is 30.1 Å². The van der Waals surface area contributed by atoms with Crippen LogP contribution in [0.5, 0.6) is 0 Å². The molecule has 3 rings (SSSR count). The average molecular weight is 290 g/mol. The van der Waals surface area contributed by atoms with E-state index in [1.807, 2.05) is 11.2 Å². The van der Waals surface area contributed by atoms with Gasteiger partial charge in [0, 0.05) is 0 Å². The van der Waals surface area contributed by atoms with Gasteiger partial charge in [-0.1, -0.05) is 23.4 Å². The highest BCUT2D eigenvalue weighted by molar-refractivity contribution is 7.98. The molecular formula is C11H13ClFN3OS. The average Bonchev–Trinajstić information content (AvgIpc) is 2.62. The van der Waals surface area contributed by atoms with Crippen LogP contribution in [0.1, 0.15) is 12.8 Å². The van der Waals surface area contributed by atoms with Crippen molar-refractivity contribution >= 4 is 29.2 Å². The Labute approximate surface area is 114 Å². The summed E-state index contributed by atoms with van der Waals surface area (Å²) in [6, 6.07) is 0.415. The third kappa shape index (κ3) is 1.96. The quantitative estimate of drug-likeness (QED) is 0.475. The van der Waals surface area contributed by atoms with Gasteiger partial charge in [-0.3, -0.25) is 0 Å². The van der Waals surface area contributed by atoms with E-state index in [0.717, 1.165) is 12.8 Å². The molecule has 2 aliphatic rings. The topological polar surface area (TPSA) is 38.2 Å². The zero-order valence-corrected chi connectivity index (χ0v) is 11.5. The lowest BCUT2D eigenvalue weighted by Crippen LogP contribution is -2.46. The monoisotopic (exact) mass is 289 g/mol. The second kappa shape index (κ2) is 4.83. The number of rotatable bonds is 2. The molecule has 3 heterocycles. The Morgan fingerprint density at radius 2 is 2.00 bits per heavy atom. The van der Waals surface area contributed by atoms with Gasteiger partial charge < -0.3 is 9.64 Å². The summed E-state index contributed by atoms with van der Waals surface area (Å²) in [5, 5.41) is 0.400. The van der Waals surface area contributed by atoms with Gasteiger partial charge in [0.1, 0.15) is 0 Å². The number of hydrogen-bond acceptors (Lipinski definition) is 5. The second-order valence-electron chi connectivity index (χ2n) is 4.47. The lowest BCUT2D eigenvalue weighted by atomic mass is 10.2. The van der Waals surface area contributed by atoms with E-state index in [1.165, 1.54) is 11.8 Å². The van der Waals surface area contributed by atoms with Gasteiger partial charge in [-0.15, -0.1) is 0 Å². The Morgan fingerprint density at radius 1 is 1.33 bits per heavy atom. The third-order valence-electron chi connectivity index (χ3n) is 3.44. The molecule has 0 saturated carbocycles. The molecule has 1 aromatic heterocycles. The Kier molecular flexibility index (Phi) is 3.34. The summed E-state index contributed by atoms with van der Waals surface area (Å²) >= 11 is 7.20. The summed E-state index contributed by atoms with van der Waals surface area (Å²) in [5.74, 6) is -0.191. The number of thioether (sulfide) groups is 1. The number of nitrogens with zero attached hydrogens (tertiary/aromatic N) is 3.